The molecule has 5 heteroatoms. The number of nitrogens with zero attached hydrogens (tertiary/aromatic N) is 3. The van der Waals surface area contributed by atoms with Crippen molar-refractivity contribution in [3.05, 3.63) is 39.8 Å². The minimum Gasteiger partial charge on any atom is -0.336 e. The Morgan fingerprint density at radius 3 is 3.00 bits per heavy atom. The SMILES string of the molecule is O=C(c1cc2c(s1)CCCC2)N1CCC[C@H](n2cccn2)C1. The van der Waals surface area contributed by atoms with E-state index in [2.05, 4.69) is 11.2 Å². The van der Waals surface area contributed by atoms with Crippen LogP contribution in [0, 0.1) is 0 Å². The molecule has 1 amide bonds. The smallest absolute Gasteiger partial charge is 0.264 e. The fraction of sp³-hybridized carbons (Fsp3) is 0.529. The number of carbonyl (C=O) groups excluding carboxylic acids is 1. The van der Waals surface area contributed by atoms with E-state index in [1.165, 1.54) is 23.3 Å². The van der Waals surface area contributed by atoms with Gasteiger partial charge < -0.3 is 4.90 Å². The van der Waals surface area contributed by atoms with Crippen molar-refractivity contribution in [2.45, 2.75) is 44.6 Å². The first-order chi connectivity index (χ1) is 10.8. The molecule has 0 radical (unpaired) electrons. The van der Waals surface area contributed by atoms with Gasteiger partial charge in [-0.3, -0.25) is 9.48 Å². The van der Waals surface area contributed by atoms with Gasteiger partial charge in [0.25, 0.3) is 5.91 Å². The summed E-state index contributed by atoms with van der Waals surface area (Å²) < 4.78 is 2.00. The van der Waals surface area contributed by atoms with Gasteiger partial charge in [0, 0.05) is 30.4 Å². The summed E-state index contributed by atoms with van der Waals surface area (Å²) in [6.45, 7) is 1.66. The zero-order valence-corrected chi connectivity index (χ0v) is 13.5. The van der Waals surface area contributed by atoms with E-state index in [9.17, 15) is 4.79 Å². The molecule has 0 N–H and O–H groups in total. The van der Waals surface area contributed by atoms with E-state index in [4.69, 9.17) is 0 Å². The van der Waals surface area contributed by atoms with Crippen LogP contribution in [0.3, 0.4) is 0 Å². The molecule has 0 aromatic carbocycles. The highest BCUT2D eigenvalue weighted by atomic mass is 32.1. The minimum atomic E-state index is 0.219. The molecule has 1 atom stereocenters. The van der Waals surface area contributed by atoms with Gasteiger partial charge in [0.1, 0.15) is 0 Å². The minimum absolute atomic E-state index is 0.219. The largest absolute Gasteiger partial charge is 0.336 e. The van der Waals surface area contributed by atoms with Gasteiger partial charge >= 0.3 is 0 Å². The molecule has 3 heterocycles. The second-order valence-electron chi connectivity index (χ2n) is 6.30. The van der Waals surface area contributed by atoms with Crippen molar-refractivity contribution in [3.8, 4) is 0 Å². The van der Waals surface area contributed by atoms with Crippen LogP contribution < -0.4 is 0 Å². The maximum absolute atomic E-state index is 12.8. The summed E-state index contributed by atoms with van der Waals surface area (Å²) in [7, 11) is 0. The van der Waals surface area contributed by atoms with Crippen LogP contribution in [-0.2, 0) is 12.8 Å². The van der Waals surface area contributed by atoms with Gasteiger partial charge in [-0.05, 0) is 56.2 Å². The number of fused-ring (bicyclic) bond motifs is 1. The van der Waals surface area contributed by atoms with Crippen molar-refractivity contribution >= 4 is 17.2 Å². The highest BCUT2D eigenvalue weighted by Gasteiger charge is 2.27. The fourth-order valence-corrected chi connectivity index (χ4v) is 4.83. The maximum atomic E-state index is 12.8. The van der Waals surface area contributed by atoms with Crippen LogP contribution >= 0.6 is 11.3 Å². The van der Waals surface area contributed by atoms with Gasteiger partial charge in [-0.15, -0.1) is 11.3 Å². The molecule has 0 bridgehead atoms. The first-order valence-corrected chi connectivity index (χ1v) is 9.03. The summed E-state index contributed by atoms with van der Waals surface area (Å²) in [4.78, 5) is 17.2. The molecule has 1 aliphatic carbocycles. The molecule has 0 saturated carbocycles. The van der Waals surface area contributed by atoms with E-state index in [1.807, 2.05) is 28.0 Å². The Bertz CT molecular complexity index is 638. The maximum Gasteiger partial charge on any atom is 0.264 e. The fourth-order valence-electron chi connectivity index (χ4n) is 3.60. The molecule has 22 heavy (non-hydrogen) atoms. The standard InChI is InChI=1S/C17H21N3OS/c21-17(16-11-13-5-1-2-7-15(13)22-16)19-9-3-6-14(12-19)20-10-4-8-18-20/h4,8,10-11,14H,1-3,5-7,9,12H2/t14-/m0/s1. The number of thiophene rings is 1. The number of carbonyl (C=O) groups is 1. The molecule has 2 aromatic heterocycles. The summed E-state index contributed by atoms with van der Waals surface area (Å²) in [5, 5.41) is 4.34. The van der Waals surface area contributed by atoms with Crippen molar-refractivity contribution in [1.82, 2.24) is 14.7 Å². The van der Waals surface area contributed by atoms with Gasteiger partial charge in [-0.1, -0.05) is 0 Å². The predicted molar refractivity (Wildman–Crippen MR) is 87.4 cm³/mol. The summed E-state index contributed by atoms with van der Waals surface area (Å²) in [6, 6.07) is 4.43. The Morgan fingerprint density at radius 2 is 2.18 bits per heavy atom. The van der Waals surface area contributed by atoms with Gasteiger partial charge in [0.2, 0.25) is 0 Å². The summed E-state index contributed by atoms with van der Waals surface area (Å²) >= 11 is 1.72. The lowest BCUT2D eigenvalue weighted by Crippen LogP contribution is -2.40. The molecule has 0 spiro atoms. The summed E-state index contributed by atoms with van der Waals surface area (Å²) in [6.07, 6.45) is 10.8. The Balaban J connectivity index is 1.51. The van der Waals surface area contributed by atoms with Crippen LogP contribution in [0.5, 0.6) is 0 Å². The van der Waals surface area contributed by atoms with Crippen molar-refractivity contribution < 1.29 is 4.79 Å². The van der Waals surface area contributed by atoms with E-state index in [1.54, 1.807) is 11.3 Å². The number of amides is 1. The zero-order valence-electron chi connectivity index (χ0n) is 12.7. The molecule has 0 unspecified atom stereocenters. The van der Waals surface area contributed by atoms with Crippen molar-refractivity contribution in [1.29, 1.82) is 0 Å². The van der Waals surface area contributed by atoms with Gasteiger partial charge in [0.15, 0.2) is 0 Å². The second kappa shape index (κ2) is 5.88. The topological polar surface area (TPSA) is 38.1 Å². The molecule has 4 nitrogen and oxygen atoms in total. The number of aryl methyl sites for hydroxylation is 2. The second-order valence-corrected chi connectivity index (χ2v) is 7.44. The van der Waals surface area contributed by atoms with E-state index in [0.717, 1.165) is 43.6 Å². The molecule has 2 aliphatic rings. The Morgan fingerprint density at radius 1 is 1.27 bits per heavy atom. The molecule has 2 aromatic rings. The third-order valence-electron chi connectivity index (χ3n) is 4.79. The Labute approximate surface area is 134 Å². The van der Waals surface area contributed by atoms with Gasteiger partial charge in [0.05, 0.1) is 10.9 Å². The number of rotatable bonds is 2. The van der Waals surface area contributed by atoms with Crippen molar-refractivity contribution in [2.75, 3.05) is 13.1 Å². The lowest BCUT2D eigenvalue weighted by atomic mass is 9.99. The Kier molecular flexibility index (Phi) is 3.74. The predicted octanol–water partition coefficient (Wildman–Crippen LogP) is 3.30. The number of piperidine rings is 1. The quantitative estimate of drug-likeness (QED) is 0.853. The zero-order chi connectivity index (χ0) is 14.9. The first kappa shape index (κ1) is 14.0. The van der Waals surface area contributed by atoms with E-state index < -0.39 is 0 Å². The van der Waals surface area contributed by atoms with Crippen LogP contribution in [0.1, 0.15) is 51.8 Å². The monoisotopic (exact) mass is 315 g/mol. The lowest BCUT2D eigenvalue weighted by molar-refractivity contribution is 0.0678. The average molecular weight is 315 g/mol. The molecule has 4 rings (SSSR count). The summed E-state index contributed by atoms with van der Waals surface area (Å²) in [5.74, 6) is 0.219. The number of aromatic nitrogens is 2. The van der Waals surface area contributed by atoms with Gasteiger partial charge in [-0.25, -0.2) is 0 Å². The molecular formula is C17H21N3OS. The lowest BCUT2D eigenvalue weighted by Gasteiger charge is -2.32. The normalized spacial score (nSPS) is 21.6. The van der Waals surface area contributed by atoms with Crippen LogP contribution in [0.25, 0.3) is 0 Å². The van der Waals surface area contributed by atoms with E-state index >= 15 is 0 Å². The first-order valence-electron chi connectivity index (χ1n) is 8.21. The molecule has 1 fully saturated rings. The van der Waals surface area contributed by atoms with E-state index in [-0.39, 0.29) is 5.91 Å². The number of hydrogen-bond acceptors (Lipinski definition) is 3. The number of likely N-dealkylation sites (tertiary alicyclic amines) is 1. The number of hydrogen-bond donors (Lipinski definition) is 0. The van der Waals surface area contributed by atoms with Crippen LogP contribution in [-0.4, -0.2) is 33.7 Å². The summed E-state index contributed by atoms with van der Waals surface area (Å²) in [5.41, 5.74) is 1.42. The molecular weight excluding hydrogens is 294 g/mol. The van der Waals surface area contributed by atoms with Crippen molar-refractivity contribution in [2.24, 2.45) is 0 Å². The van der Waals surface area contributed by atoms with E-state index in [0.29, 0.717) is 6.04 Å². The van der Waals surface area contributed by atoms with Crippen LogP contribution in [0.15, 0.2) is 24.5 Å². The van der Waals surface area contributed by atoms with Crippen LogP contribution in [0.2, 0.25) is 0 Å². The van der Waals surface area contributed by atoms with Crippen LogP contribution in [0.4, 0.5) is 0 Å². The highest BCUT2D eigenvalue weighted by Crippen LogP contribution is 2.31. The molecule has 1 saturated heterocycles. The van der Waals surface area contributed by atoms with Crippen molar-refractivity contribution in [3.63, 3.8) is 0 Å². The third-order valence-corrected chi connectivity index (χ3v) is 6.02. The molecule has 116 valence electrons. The van der Waals surface area contributed by atoms with Gasteiger partial charge in [-0.2, -0.15) is 5.10 Å². The average Bonchev–Trinajstić information content (AvgIpc) is 3.23. The highest BCUT2D eigenvalue weighted by molar-refractivity contribution is 7.14. The third kappa shape index (κ3) is 2.58. The molecule has 1 aliphatic heterocycles. The Hall–Kier alpha value is -1.62.